The van der Waals surface area contributed by atoms with Gasteiger partial charge in [-0.15, -0.1) is 0 Å². The fraction of sp³-hybridized carbons (Fsp3) is 0.571. The number of aliphatic hydroxyl groups is 1. The van der Waals surface area contributed by atoms with E-state index >= 15 is 0 Å². The van der Waals surface area contributed by atoms with Crippen LogP contribution in [0.4, 0.5) is 0 Å². The largest absolute Gasteiger partial charge is 0.491 e. The number of hydrogen-bond acceptors (Lipinski definition) is 5. The van der Waals surface area contributed by atoms with Gasteiger partial charge in [0.2, 0.25) is 10.0 Å². The second kappa shape index (κ2) is 7.61. The van der Waals surface area contributed by atoms with Crippen LogP contribution in [0.3, 0.4) is 0 Å². The number of β-amino-alcohol motifs (C(OH)–C–C–N with tert-alkyl or cyclic N) is 1. The summed E-state index contributed by atoms with van der Waals surface area (Å²) in [7, 11) is -3.12. The fourth-order valence-electron chi connectivity index (χ4n) is 2.32. The van der Waals surface area contributed by atoms with Crippen LogP contribution >= 0.6 is 11.6 Å². The summed E-state index contributed by atoms with van der Waals surface area (Å²) in [4.78, 5) is 2.04. The van der Waals surface area contributed by atoms with E-state index in [1.165, 1.54) is 10.6 Å². The third-order valence-corrected chi connectivity index (χ3v) is 5.08. The number of ether oxygens (including phenoxy) is 1. The molecule has 1 aliphatic heterocycles. The number of aliphatic hydroxyl groups excluding tert-OH is 1. The average molecular weight is 349 g/mol. The van der Waals surface area contributed by atoms with Crippen molar-refractivity contribution in [1.82, 2.24) is 9.21 Å². The molecule has 1 aliphatic rings. The molecular formula is C14H21ClN2O4S. The van der Waals surface area contributed by atoms with E-state index in [9.17, 15) is 13.5 Å². The van der Waals surface area contributed by atoms with E-state index in [0.717, 1.165) is 0 Å². The SMILES string of the molecule is CS(=O)(=O)N1CCN(CC(O)COc2ccc(Cl)cc2)CC1. The first-order chi connectivity index (χ1) is 10.3. The summed E-state index contributed by atoms with van der Waals surface area (Å²) in [5.41, 5.74) is 0. The third-order valence-electron chi connectivity index (χ3n) is 3.53. The first kappa shape index (κ1) is 17.5. The lowest BCUT2D eigenvalue weighted by Gasteiger charge is -2.34. The molecule has 1 aromatic rings. The number of piperazine rings is 1. The zero-order chi connectivity index (χ0) is 16.2. The van der Waals surface area contributed by atoms with Crippen molar-refractivity contribution in [2.75, 3.05) is 45.6 Å². The van der Waals surface area contributed by atoms with Crippen molar-refractivity contribution in [2.45, 2.75) is 6.10 Å². The molecule has 0 aliphatic carbocycles. The van der Waals surface area contributed by atoms with Gasteiger partial charge >= 0.3 is 0 Å². The molecule has 0 saturated carbocycles. The predicted octanol–water partition coefficient (Wildman–Crippen LogP) is 0.657. The van der Waals surface area contributed by atoms with E-state index in [1.807, 2.05) is 4.90 Å². The van der Waals surface area contributed by atoms with Crippen LogP contribution < -0.4 is 4.74 Å². The van der Waals surface area contributed by atoms with Crippen LogP contribution in [-0.4, -0.2) is 74.4 Å². The Labute approximate surface area is 136 Å². The summed E-state index contributed by atoms with van der Waals surface area (Å²) < 4.78 is 29.8. The molecule has 22 heavy (non-hydrogen) atoms. The van der Waals surface area contributed by atoms with Gasteiger partial charge in [-0.2, -0.15) is 4.31 Å². The zero-order valence-electron chi connectivity index (χ0n) is 12.5. The molecule has 0 bridgehead atoms. The van der Waals surface area contributed by atoms with Gasteiger partial charge in [-0.3, -0.25) is 4.90 Å². The summed E-state index contributed by atoms with van der Waals surface area (Å²) >= 11 is 5.79. The minimum atomic E-state index is -3.12. The van der Waals surface area contributed by atoms with Gasteiger partial charge in [-0.1, -0.05) is 11.6 Å². The molecule has 1 heterocycles. The van der Waals surface area contributed by atoms with Crippen LogP contribution in [0.1, 0.15) is 0 Å². The second-order valence-electron chi connectivity index (χ2n) is 5.38. The van der Waals surface area contributed by atoms with Gasteiger partial charge < -0.3 is 9.84 Å². The average Bonchev–Trinajstić information content (AvgIpc) is 2.46. The first-order valence-corrected chi connectivity index (χ1v) is 9.31. The molecule has 0 aromatic heterocycles. The maximum absolute atomic E-state index is 11.4. The van der Waals surface area contributed by atoms with Crippen LogP contribution in [-0.2, 0) is 10.0 Å². The second-order valence-corrected chi connectivity index (χ2v) is 7.80. The number of nitrogens with zero attached hydrogens (tertiary/aromatic N) is 2. The Morgan fingerprint density at radius 3 is 2.36 bits per heavy atom. The van der Waals surface area contributed by atoms with Crippen molar-refractivity contribution in [3.05, 3.63) is 29.3 Å². The number of sulfonamides is 1. The van der Waals surface area contributed by atoms with Gasteiger partial charge in [0.05, 0.1) is 6.26 Å². The topological polar surface area (TPSA) is 70.1 Å². The molecular weight excluding hydrogens is 328 g/mol. The van der Waals surface area contributed by atoms with Crippen molar-refractivity contribution >= 4 is 21.6 Å². The van der Waals surface area contributed by atoms with Crippen LogP contribution in [0.5, 0.6) is 5.75 Å². The normalized spacial score (nSPS) is 19.0. The lowest BCUT2D eigenvalue weighted by atomic mass is 10.3. The number of halogens is 1. The minimum Gasteiger partial charge on any atom is -0.491 e. The summed E-state index contributed by atoms with van der Waals surface area (Å²) in [6, 6.07) is 6.96. The van der Waals surface area contributed by atoms with Gasteiger partial charge in [0.1, 0.15) is 18.5 Å². The smallest absolute Gasteiger partial charge is 0.211 e. The summed E-state index contributed by atoms with van der Waals surface area (Å²) in [6.07, 6.45) is 0.595. The summed E-state index contributed by atoms with van der Waals surface area (Å²) in [6.45, 7) is 2.81. The Balaban J connectivity index is 1.72. The van der Waals surface area contributed by atoms with E-state index in [4.69, 9.17) is 16.3 Å². The van der Waals surface area contributed by atoms with E-state index in [2.05, 4.69) is 0 Å². The molecule has 124 valence electrons. The maximum atomic E-state index is 11.4. The van der Waals surface area contributed by atoms with Crippen molar-refractivity contribution in [2.24, 2.45) is 0 Å². The van der Waals surface area contributed by atoms with Crippen molar-refractivity contribution in [1.29, 1.82) is 0 Å². The zero-order valence-corrected chi connectivity index (χ0v) is 14.1. The highest BCUT2D eigenvalue weighted by atomic mass is 35.5. The maximum Gasteiger partial charge on any atom is 0.211 e. The fourth-order valence-corrected chi connectivity index (χ4v) is 3.27. The molecule has 6 nitrogen and oxygen atoms in total. The Hall–Kier alpha value is -0.860. The molecule has 1 atom stereocenters. The third kappa shape index (κ3) is 5.40. The molecule has 0 radical (unpaired) electrons. The first-order valence-electron chi connectivity index (χ1n) is 7.08. The Morgan fingerprint density at radius 1 is 1.23 bits per heavy atom. The van der Waals surface area contributed by atoms with Gasteiger partial charge in [-0.05, 0) is 24.3 Å². The lowest BCUT2D eigenvalue weighted by Crippen LogP contribution is -2.50. The molecule has 1 fully saturated rings. The number of hydrogen-bond donors (Lipinski definition) is 1. The Kier molecular flexibility index (Phi) is 6.05. The van der Waals surface area contributed by atoms with Crippen LogP contribution in [0.15, 0.2) is 24.3 Å². The highest BCUT2D eigenvalue weighted by Gasteiger charge is 2.24. The molecule has 1 N–H and O–H groups in total. The number of rotatable bonds is 6. The highest BCUT2D eigenvalue weighted by molar-refractivity contribution is 7.88. The Bertz CT molecular complexity index is 571. The lowest BCUT2D eigenvalue weighted by molar-refractivity contribution is 0.0570. The van der Waals surface area contributed by atoms with Gasteiger partial charge in [0.25, 0.3) is 0 Å². The van der Waals surface area contributed by atoms with Gasteiger partial charge in [0, 0.05) is 37.7 Å². The van der Waals surface area contributed by atoms with Crippen LogP contribution in [0, 0.1) is 0 Å². The predicted molar refractivity (Wildman–Crippen MR) is 85.8 cm³/mol. The number of benzene rings is 1. The molecule has 2 rings (SSSR count). The Morgan fingerprint density at radius 2 is 1.82 bits per heavy atom. The highest BCUT2D eigenvalue weighted by Crippen LogP contribution is 2.15. The van der Waals surface area contributed by atoms with Crippen LogP contribution in [0.25, 0.3) is 0 Å². The standard InChI is InChI=1S/C14H21ClN2O4S/c1-22(19,20)17-8-6-16(7-9-17)10-13(18)11-21-14-4-2-12(15)3-5-14/h2-5,13,18H,6-11H2,1H3. The van der Waals surface area contributed by atoms with Crippen molar-refractivity contribution < 1.29 is 18.3 Å². The van der Waals surface area contributed by atoms with Gasteiger partial charge in [0.15, 0.2) is 0 Å². The van der Waals surface area contributed by atoms with Crippen molar-refractivity contribution in [3.63, 3.8) is 0 Å². The van der Waals surface area contributed by atoms with Gasteiger partial charge in [-0.25, -0.2) is 8.42 Å². The molecule has 1 aromatic carbocycles. The monoisotopic (exact) mass is 348 g/mol. The van der Waals surface area contributed by atoms with E-state index in [0.29, 0.717) is 43.5 Å². The molecule has 8 heteroatoms. The van der Waals surface area contributed by atoms with E-state index in [-0.39, 0.29) is 6.61 Å². The van der Waals surface area contributed by atoms with E-state index < -0.39 is 16.1 Å². The quantitative estimate of drug-likeness (QED) is 0.817. The molecule has 0 spiro atoms. The van der Waals surface area contributed by atoms with Crippen molar-refractivity contribution in [3.8, 4) is 5.75 Å². The summed E-state index contributed by atoms with van der Waals surface area (Å²) in [5, 5.41) is 10.7. The van der Waals surface area contributed by atoms with E-state index in [1.54, 1.807) is 24.3 Å². The minimum absolute atomic E-state index is 0.188. The molecule has 1 saturated heterocycles. The van der Waals surface area contributed by atoms with Crippen LogP contribution in [0.2, 0.25) is 5.02 Å². The molecule has 1 unspecified atom stereocenters. The molecule has 0 amide bonds. The summed E-state index contributed by atoms with van der Waals surface area (Å²) in [5.74, 6) is 0.658.